The fourth-order valence-electron chi connectivity index (χ4n) is 4.73. The molecule has 12 heteroatoms. The van der Waals surface area contributed by atoms with Crippen molar-refractivity contribution in [3.05, 3.63) is 58.1 Å². The molecule has 188 valence electrons. The number of fused-ring (bicyclic) bond motifs is 1. The van der Waals surface area contributed by atoms with Crippen LogP contribution in [0, 0.1) is 17.6 Å². The molecule has 0 aliphatic carbocycles. The zero-order chi connectivity index (χ0) is 25.9. The summed E-state index contributed by atoms with van der Waals surface area (Å²) in [6, 6.07) is 5.11. The van der Waals surface area contributed by atoms with Crippen LogP contribution < -0.4 is 11.3 Å². The van der Waals surface area contributed by atoms with Crippen LogP contribution in [-0.2, 0) is 22.2 Å². The van der Waals surface area contributed by atoms with E-state index in [-0.39, 0.29) is 28.5 Å². The van der Waals surface area contributed by atoms with Crippen LogP contribution >= 0.6 is 0 Å². The minimum absolute atomic E-state index is 0.0128. The van der Waals surface area contributed by atoms with Crippen molar-refractivity contribution < 1.29 is 18.3 Å². The lowest BCUT2D eigenvalue weighted by molar-refractivity contribution is -0.169. The van der Waals surface area contributed by atoms with Crippen LogP contribution in [0.5, 0.6) is 0 Å². The van der Waals surface area contributed by atoms with Crippen LogP contribution in [0.25, 0.3) is 27.8 Å². The molecule has 10 nitrogen and oxygen atoms in total. The maximum absolute atomic E-state index is 14.6. The zero-order valence-electron chi connectivity index (χ0n) is 20.2. The number of carbonyl (C=O) groups is 1. The number of hydrogen-bond acceptors (Lipinski definition) is 6. The smallest absolute Gasteiger partial charge is 0.268 e. The molecule has 0 atom stereocenters. The summed E-state index contributed by atoms with van der Waals surface area (Å²) in [5.74, 6) is -2.03. The molecule has 1 amide bonds. The number of pyridine rings is 1. The molecule has 0 unspecified atom stereocenters. The van der Waals surface area contributed by atoms with Gasteiger partial charge in [0.25, 0.3) is 5.56 Å². The SMILES string of the molecule is COC1(c2cc(-c3cn(-c4c(F)cccc4F)c(=O)c4c(N)n[nH]c34)nn2C)CN(C(=O)C(C)C)C1. The first-order valence-corrected chi connectivity index (χ1v) is 11.3. The van der Waals surface area contributed by atoms with E-state index in [1.165, 1.54) is 12.3 Å². The van der Waals surface area contributed by atoms with Crippen molar-refractivity contribution in [2.45, 2.75) is 19.4 Å². The largest absolute Gasteiger partial charge is 0.382 e. The number of hydrogen-bond donors (Lipinski definition) is 2. The first-order chi connectivity index (χ1) is 17.1. The second kappa shape index (κ2) is 8.26. The molecular formula is C24H25F2N7O3. The van der Waals surface area contributed by atoms with E-state index in [2.05, 4.69) is 15.3 Å². The molecule has 3 N–H and O–H groups in total. The quantitative estimate of drug-likeness (QED) is 0.436. The van der Waals surface area contributed by atoms with Gasteiger partial charge in [-0.15, -0.1) is 0 Å². The fourth-order valence-corrected chi connectivity index (χ4v) is 4.73. The van der Waals surface area contributed by atoms with E-state index in [0.717, 1.165) is 16.7 Å². The number of H-pyrrole nitrogens is 1. The summed E-state index contributed by atoms with van der Waals surface area (Å²) in [7, 11) is 3.30. The number of nitrogens with two attached hydrogens (primary N) is 1. The highest BCUT2D eigenvalue weighted by molar-refractivity contribution is 5.97. The molecule has 0 spiro atoms. The van der Waals surface area contributed by atoms with Crippen LogP contribution in [0.4, 0.5) is 14.6 Å². The van der Waals surface area contributed by atoms with Gasteiger partial charge < -0.3 is 15.4 Å². The minimum Gasteiger partial charge on any atom is -0.382 e. The molecule has 4 aromatic rings. The topological polar surface area (TPSA) is 124 Å². The van der Waals surface area contributed by atoms with Crippen molar-refractivity contribution in [1.82, 2.24) is 29.4 Å². The number of nitrogens with one attached hydrogen (secondary N) is 1. The van der Waals surface area contributed by atoms with E-state index in [0.29, 0.717) is 30.0 Å². The van der Waals surface area contributed by atoms with E-state index in [4.69, 9.17) is 10.5 Å². The highest BCUT2D eigenvalue weighted by Crippen LogP contribution is 2.38. The Labute approximate surface area is 204 Å². The summed E-state index contributed by atoms with van der Waals surface area (Å²) >= 11 is 0. The van der Waals surface area contributed by atoms with E-state index in [1.807, 2.05) is 13.8 Å². The summed E-state index contributed by atoms with van der Waals surface area (Å²) in [6.45, 7) is 4.38. The molecule has 0 bridgehead atoms. The number of para-hydroxylation sites is 1. The molecule has 4 heterocycles. The number of nitrogen functional groups attached to an aromatic ring is 1. The van der Waals surface area contributed by atoms with E-state index >= 15 is 0 Å². The van der Waals surface area contributed by atoms with E-state index in [1.54, 1.807) is 29.8 Å². The minimum atomic E-state index is -0.908. The monoisotopic (exact) mass is 497 g/mol. The lowest BCUT2D eigenvalue weighted by atomic mass is 9.88. The zero-order valence-corrected chi connectivity index (χ0v) is 20.2. The van der Waals surface area contributed by atoms with Gasteiger partial charge in [-0.1, -0.05) is 19.9 Å². The Morgan fingerprint density at radius 2 is 1.92 bits per heavy atom. The number of methoxy groups -OCH3 is 1. The fraction of sp³-hybridized carbons (Fsp3) is 0.333. The second-order valence-electron chi connectivity index (χ2n) is 9.23. The van der Waals surface area contributed by atoms with Crippen molar-refractivity contribution in [2.24, 2.45) is 13.0 Å². The number of benzene rings is 1. The van der Waals surface area contributed by atoms with Gasteiger partial charge in [0.2, 0.25) is 5.91 Å². The van der Waals surface area contributed by atoms with Gasteiger partial charge in [-0.3, -0.25) is 23.9 Å². The van der Waals surface area contributed by atoms with Crippen molar-refractivity contribution in [1.29, 1.82) is 0 Å². The molecule has 1 saturated heterocycles. The summed E-state index contributed by atoms with van der Waals surface area (Å²) in [5.41, 5.74) is 5.66. The van der Waals surface area contributed by atoms with Gasteiger partial charge in [-0.25, -0.2) is 8.78 Å². The lowest BCUT2D eigenvalue weighted by Crippen LogP contribution is -2.63. The number of carbonyl (C=O) groups excluding carboxylic acids is 1. The molecule has 1 aliphatic rings. The van der Waals surface area contributed by atoms with Gasteiger partial charge >= 0.3 is 0 Å². The number of rotatable bonds is 5. The number of halogens is 2. The van der Waals surface area contributed by atoms with Crippen LogP contribution in [0.3, 0.4) is 0 Å². The highest BCUT2D eigenvalue weighted by atomic mass is 19.1. The Hall–Kier alpha value is -4.06. The van der Waals surface area contributed by atoms with Gasteiger partial charge in [0.15, 0.2) is 5.82 Å². The first-order valence-electron chi connectivity index (χ1n) is 11.3. The average molecular weight is 498 g/mol. The van der Waals surface area contributed by atoms with Crippen LogP contribution in [0.2, 0.25) is 0 Å². The normalized spacial score (nSPS) is 15.0. The molecule has 3 aromatic heterocycles. The Morgan fingerprint density at radius 1 is 1.25 bits per heavy atom. The molecule has 36 heavy (non-hydrogen) atoms. The Balaban J connectivity index is 1.66. The third kappa shape index (κ3) is 3.40. The van der Waals surface area contributed by atoms with Crippen LogP contribution in [0.1, 0.15) is 19.5 Å². The van der Waals surface area contributed by atoms with Crippen LogP contribution in [0.15, 0.2) is 35.3 Å². The maximum Gasteiger partial charge on any atom is 0.268 e. The van der Waals surface area contributed by atoms with E-state index in [9.17, 15) is 18.4 Å². The average Bonchev–Trinajstić information content (AvgIpc) is 3.38. The molecule has 1 aliphatic heterocycles. The number of anilines is 1. The summed E-state index contributed by atoms with van der Waals surface area (Å²) < 4.78 is 37.6. The highest BCUT2D eigenvalue weighted by Gasteiger charge is 2.49. The Bertz CT molecular complexity index is 1540. The summed E-state index contributed by atoms with van der Waals surface area (Å²) in [4.78, 5) is 27.3. The molecule has 0 radical (unpaired) electrons. The number of aromatic nitrogens is 5. The number of ether oxygens (including phenoxy) is 1. The van der Waals surface area contributed by atoms with Gasteiger partial charge in [0, 0.05) is 31.8 Å². The molecular weight excluding hydrogens is 472 g/mol. The molecule has 5 rings (SSSR count). The number of aryl methyl sites for hydroxylation is 1. The molecule has 1 aromatic carbocycles. The summed E-state index contributed by atoms with van der Waals surface area (Å²) in [6.07, 6.45) is 1.31. The Morgan fingerprint density at radius 3 is 2.53 bits per heavy atom. The maximum atomic E-state index is 14.6. The predicted molar refractivity (Wildman–Crippen MR) is 128 cm³/mol. The number of likely N-dealkylation sites (tertiary alicyclic amines) is 1. The van der Waals surface area contributed by atoms with Crippen molar-refractivity contribution in [2.75, 3.05) is 25.9 Å². The third-order valence-corrected chi connectivity index (χ3v) is 6.64. The number of aromatic amines is 1. The van der Waals surface area contributed by atoms with Gasteiger partial charge in [0.1, 0.15) is 28.3 Å². The first kappa shape index (κ1) is 23.7. The van der Waals surface area contributed by atoms with Crippen molar-refractivity contribution in [3.8, 4) is 16.9 Å². The standard InChI is InChI=1S/C24H25F2N7O3/c1-12(2)22(34)32-10-24(11-32,36-4)17-8-16(30-31(17)3)13-9-33(20-14(25)6-5-7-15(20)26)23(35)18-19(13)28-29-21(18)27/h5-9,12H,10-11H2,1-4H3,(H3,27,28,29). The second-order valence-corrected chi connectivity index (χ2v) is 9.23. The lowest BCUT2D eigenvalue weighted by Gasteiger charge is -2.49. The number of amides is 1. The van der Waals surface area contributed by atoms with E-state index < -0.39 is 28.5 Å². The number of nitrogens with zero attached hydrogens (tertiary/aromatic N) is 5. The van der Waals surface area contributed by atoms with Crippen molar-refractivity contribution in [3.63, 3.8) is 0 Å². The summed E-state index contributed by atoms with van der Waals surface area (Å²) in [5, 5.41) is 11.3. The Kier molecular flexibility index (Phi) is 5.43. The molecule has 0 saturated carbocycles. The third-order valence-electron chi connectivity index (χ3n) is 6.64. The van der Waals surface area contributed by atoms with Gasteiger partial charge in [0.05, 0.1) is 30.0 Å². The van der Waals surface area contributed by atoms with Gasteiger partial charge in [-0.05, 0) is 18.2 Å². The van der Waals surface area contributed by atoms with Crippen molar-refractivity contribution >= 4 is 22.6 Å². The van der Waals surface area contributed by atoms with Crippen LogP contribution in [-0.4, -0.2) is 55.6 Å². The predicted octanol–water partition coefficient (Wildman–Crippen LogP) is 2.31. The van der Waals surface area contributed by atoms with Gasteiger partial charge in [-0.2, -0.15) is 10.2 Å². The molecule has 1 fully saturated rings.